The summed E-state index contributed by atoms with van der Waals surface area (Å²) in [5, 5.41) is 8.51. The second-order valence-electron chi connectivity index (χ2n) is 6.07. The van der Waals surface area contributed by atoms with Crippen LogP contribution in [0.25, 0.3) is 5.82 Å². The van der Waals surface area contributed by atoms with E-state index in [-0.39, 0.29) is 18.4 Å². The summed E-state index contributed by atoms with van der Waals surface area (Å²) in [6, 6.07) is 14.5. The van der Waals surface area contributed by atoms with Crippen molar-refractivity contribution in [3.63, 3.8) is 0 Å². The Kier molecular flexibility index (Phi) is 6.35. The van der Waals surface area contributed by atoms with Crippen LogP contribution < -0.4 is 16.0 Å². The van der Waals surface area contributed by atoms with E-state index >= 15 is 0 Å². The molecule has 3 aromatic rings. The number of hydrogen-bond donors (Lipinski definition) is 3. The summed E-state index contributed by atoms with van der Waals surface area (Å²) in [5.74, 6) is 1.58. The topological polar surface area (TPSA) is 101 Å². The molecule has 2 amide bonds. The minimum atomic E-state index is -0.275. The minimum Gasteiger partial charge on any atom is -0.368 e. The van der Waals surface area contributed by atoms with Crippen molar-refractivity contribution in [2.75, 3.05) is 25.0 Å². The van der Waals surface area contributed by atoms with Crippen molar-refractivity contribution in [1.82, 2.24) is 25.2 Å². The average molecular weight is 378 g/mol. The van der Waals surface area contributed by atoms with Crippen LogP contribution in [0.4, 0.5) is 5.82 Å². The standard InChI is InChI=1S/C20H22N6O2/c1-15-24-17(13-18(25-15)26-11-5-6-12-26)21-9-10-22-19(27)14-23-20(28)16-7-3-2-4-8-16/h2-8,11-13H,9-10,14H2,1H3,(H,22,27)(H,23,28)(H,21,24,25). The van der Waals surface area contributed by atoms with Gasteiger partial charge in [-0.15, -0.1) is 0 Å². The molecular weight excluding hydrogens is 356 g/mol. The number of carbonyl (C=O) groups excluding carboxylic acids is 2. The van der Waals surface area contributed by atoms with Gasteiger partial charge in [0.15, 0.2) is 0 Å². The van der Waals surface area contributed by atoms with E-state index in [4.69, 9.17) is 0 Å². The van der Waals surface area contributed by atoms with Gasteiger partial charge in [0, 0.05) is 37.1 Å². The molecule has 0 aliphatic carbocycles. The van der Waals surface area contributed by atoms with Crippen LogP contribution in [0.15, 0.2) is 60.9 Å². The molecule has 0 spiro atoms. The number of amides is 2. The Morgan fingerprint density at radius 1 is 0.964 bits per heavy atom. The third-order valence-corrected chi connectivity index (χ3v) is 3.89. The van der Waals surface area contributed by atoms with Crippen LogP contribution in [0.1, 0.15) is 16.2 Å². The van der Waals surface area contributed by atoms with Crippen molar-refractivity contribution < 1.29 is 9.59 Å². The Balaban J connectivity index is 1.41. The van der Waals surface area contributed by atoms with Gasteiger partial charge in [-0.05, 0) is 31.2 Å². The lowest BCUT2D eigenvalue weighted by atomic mass is 10.2. The molecule has 0 unspecified atom stereocenters. The van der Waals surface area contributed by atoms with E-state index < -0.39 is 0 Å². The zero-order valence-electron chi connectivity index (χ0n) is 15.6. The van der Waals surface area contributed by atoms with Gasteiger partial charge in [-0.1, -0.05) is 18.2 Å². The van der Waals surface area contributed by atoms with Crippen molar-refractivity contribution in [2.24, 2.45) is 0 Å². The van der Waals surface area contributed by atoms with E-state index in [0.29, 0.717) is 30.3 Å². The first-order valence-electron chi connectivity index (χ1n) is 8.94. The largest absolute Gasteiger partial charge is 0.368 e. The smallest absolute Gasteiger partial charge is 0.251 e. The monoisotopic (exact) mass is 378 g/mol. The zero-order valence-corrected chi connectivity index (χ0v) is 15.6. The molecule has 3 rings (SSSR count). The molecule has 28 heavy (non-hydrogen) atoms. The first-order chi connectivity index (χ1) is 13.6. The number of anilines is 1. The van der Waals surface area contributed by atoms with Crippen molar-refractivity contribution in [3.05, 3.63) is 72.3 Å². The summed E-state index contributed by atoms with van der Waals surface area (Å²) in [6.45, 7) is 2.66. The van der Waals surface area contributed by atoms with Crippen molar-refractivity contribution in [2.45, 2.75) is 6.92 Å². The molecule has 3 N–H and O–H groups in total. The van der Waals surface area contributed by atoms with Crippen LogP contribution in [0.5, 0.6) is 0 Å². The number of carbonyl (C=O) groups is 2. The summed E-state index contributed by atoms with van der Waals surface area (Å²) in [6.07, 6.45) is 3.82. The third kappa shape index (κ3) is 5.41. The molecule has 0 saturated carbocycles. The summed E-state index contributed by atoms with van der Waals surface area (Å²) < 4.78 is 1.90. The summed E-state index contributed by atoms with van der Waals surface area (Å²) in [5.41, 5.74) is 0.523. The van der Waals surface area contributed by atoms with Crippen molar-refractivity contribution in [3.8, 4) is 5.82 Å². The van der Waals surface area contributed by atoms with Gasteiger partial charge in [0.2, 0.25) is 5.91 Å². The molecule has 0 saturated heterocycles. The van der Waals surface area contributed by atoms with Gasteiger partial charge >= 0.3 is 0 Å². The SMILES string of the molecule is Cc1nc(NCCNC(=O)CNC(=O)c2ccccc2)cc(-n2cccc2)n1. The van der Waals surface area contributed by atoms with Gasteiger partial charge in [0.1, 0.15) is 17.5 Å². The van der Waals surface area contributed by atoms with Crippen LogP contribution in [0.2, 0.25) is 0 Å². The number of aromatic nitrogens is 3. The van der Waals surface area contributed by atoms with Crippen molar-refractivity contribution >= 4 is 17.6 Å². The lowest BCUT2D eigenvalue weighted by molar-refractivity contribution is -0.120. The Bertz CT molecular complexity index is 925. The Labute approximate surface area is 163 Å². The molecule has 8 nitrogen and oxygen atoms in total. The molecule has 144 valence electrons. The van der Waals surface area contributed by atoms with Gasteiger partial charge in [-0.3, -0.25) is 9.59 Å². The van der Waals surface area contributed by atoms with E-state index in [0.717, 1.165) is 5.82 Å². The van der Waals surface area contributed by atoms with E-state index in [1.165, 1.54) is 0 Å². The Hall–Kier alpha value is -3.68. The predicted octanol–water partition coefficient (Wildman–Crippen LogP) is 1.53. The first kappa shape index (κ1) is 19.1. The number of benzene rings is 1. The van der Waals surface area contributed by atoms with Crippen LogP contribution in [0, 0.1) is 6.92 Å². The highest BCUT2D eigenvalue weighted by molar-refractivity contribution is 5.96. The molecule has 2 heterocycles. The fourth-order valence-electron chi connectivity index (χ4n) is 2.57. The second kappa shape index (κ2) is 9.31. The minimum absolute atomic E-state index is 0.0713. The number of rotatable bonds is 8. The molecule has 8 heteroatoms. The van der Waals surface area contributed by atoms with Gasteiger partial charge in [-0.2, -0.15) is 0 Å². The maximum absolute atomic E-state index is 11.9. The number of hydrogen-bond acceptors (Lipinski definition) is 5. The Morgan fingerprint density at radius 3 is 2.46 bits per heavy atom. The Morgan fingerprint density at radius 2 is 1.71 bits per heavy atom. The molecule has 2 aromatic heterocycles. The van der Waals surface area contributed by atoms with Gasteiger partial charge in [-0.25, -0.2) is 9.97 Å². The summed E-state index contributed by atoms with van der Waals surface area (Å²) in [7, 11) is 0. The maximum atomic E-state index is 11.9. The van der Waals surface area contributed by atoms with E-state index in [1.807, 2.05) is 48.1 Å². The summed E-state index contributed by atoms with van der Waals surface area (Å²) >= 11 is 0. The van der Waals surface area contributed by atoms with Gasteiger partial charge < -0.3 is 20.5 Å². The predicted molar refractivity (Wildman–Crippen MR) is 106 cm³/mol. The molecule has 0 radical (unpaired) electrons. The highest BCUT2D eigenvalue weighted by Crippen LogP contribution is 2.10. The number of nitrogens with one attached hydrogen (secondary N) is 3. The van der Waals surface area contributed by atoms with Gasteiger partial charge in [0.05, 0.1) is 6.54 Å². The maximum Gasteiger partial charge on any atom is 0.251 e. The average Bonchev–Trinajstić information content (AvgIpc) is 3.25. The molecule has 1 aromatic carbocycles. The second-order valence-corrected chi connectivity index (χ2v) is 6.07. The molecular formula is C20H22N6O2. The quantitative estimate of drug-likeness (QED) is 0.516. The highest BCUT2D eigenvalue weighted by atomic mass is 16.2. The third-order valence-electron chi connectivity index (χ3n) is 3.89. The number of aryl methyl sites for hydroxylation is 1. The van der Waals surface area contributed by atoms with E-state index in [9.17, 15) is 9.59 Å². The molecule has 0 bridgehead atoms. The summed E-state index contributed by atoms with van der Waals surface area (Å²) in [4.78, 5) is 32.5. The highest BCUT2D eigenvalue weighted by Gasteiger charge is 2.07. The normalized spacial score (nSPS) is 10.3. The molecule has 0 fully saturated rings. The van der Waals surface area contributed by atoms with Gasteiger partial charge in [0.25, 0.3) is 5.91 Å². The number of nitrogens with zero attached hydrogens (tertiary/aromatic N) is 3. The first-order valence-corrected chi connectivity index (χ1v) is 8.94. The fraction of sp³-hybridized carbons (Fsp3) is 0.200. The van der Waals surface area contributed by atoms with Crippen LogP contribution in [0.3, 0.4) is 0 Å². The van der Waals surface area contributed by atoms with Crippen molar-refractivity contribution in [1.29, 1.82) is 0 Å². The fourth-order valence-corrected chi connectivity index (χ4v) is 2.57. The van der Waals surface area contributed by atoms with E-state index in [1.54, 1.807) is 24.3 Å². The van der Waals surface area contributed by atoms with Crippen LogP contribution in [-0.4, -0.2) is 46.0 Å². The molecule has 0 aliphatic rings. The molecule has 0 aliphatic heterocycles. The zero-order chi connectivity index (χ0) is 19.8. The van der Waals surface area contributed by atoms with E-state index in [2.05, 4.69) is 25.9 Å². The lowest BCUT2D eigenvalue weighted by Gasteiger charge is -2.10. The molecule has 0 atom stereocenters. The van der Waals surface area contributed by atoms with Crippen LogP contribution >= 0.6 is 0 Å². The lowest BCUT2D eigenvalue weighted by Crippen LogP contribution is -2.38. The van der Waals surface area contributed by atoms with Crippen LogP contribution in [-0.2, 0) is 4.79 Å².